The zero-order valence-electron chi connectivity index (χ0n) is 14.4. The van der Waals surface area contributed by atoms with Crippen LogP contribution < -0.4 is 5.23 Å². The van der Waals surface area contributed by atoms with E-state index in [-0.39, 0.29) is 11.7 Å². The Balaban J connectivity index is 1.57. The predicted molar refractivity (Wildman–Crippen MR) is 93.5 cm³/mol. The number of aliphatic hydroxyl groups is 1. The number of hydrogen-bond donors (Lipinski definition) is 3. The molecule has 1 aliphatic heterocycles. The van der Waals surface area contributed by atoms with Gasteiger partial charge in [-0.2, -0.15) is 10.2 Å². The molecule has 3 heterocycles. The van der Waals surface area contributed by atoms with E-state index >= 15 is 0 Å². The molecule has 140 valence electrons. The van der Waals surface area contributed by atoms with E-state index in [1.165, 1.54) is 12.1 Å². The highest BCUT2D eigenvalue weighted by atomic mass is 16.8. The molecule has 3 N–H and O–H groups in total. The second-order valence-electron chi connectivity index (χ2n) is 6.54. The number of nitrogens with zero attached hydrogens (tertiary/aromatic N) is 4. The summed E-state index contributed by atoms with van der Waals surface area (Å²) in [6, 6.07) is 10.0. The van der Waals surface area contributed by atoms with Gasteiger partial charge in [-0.1, -0.05) is 23.4 Å². The van der Waals surface area contributed by atoms with E-state index in [1.807, 2.05) is 12.1 Å². The second kappa shape index (κ2) is 7.51. The summed E-state index contributed by atoms with van der Waals surface area (Å²) in [4.78, 5) is 10.6. The Hall–Kier alpha value is -2.69. The van der Waals surface area contributed by atoms with Gasteiger partial charge in [0.2, 0.25) is 11.7 Å². The molecular weight excluding hydrogens is 350 g/mol. The van der Waals surface area contributed by atoms with E-state index in [2.05, 4.69) is 20.0 Å². The third kappa shape index (κ3) is 3.87. The van der Waals surface area contributed by atoms with Gasteiger partial charge in [0, 0.05) is 43.2 Å². The molecule has 0 aliphatic carbocycles. The molecule has 1 fully saturated rings. The normalized spacial score (nSPS) is 21.4. The number of pyridine rings is 1. The molecule has 0 saturated carbocycles. The number of rotatable bonds is 5. The molecule has 2 aromatic heterocycles. The van der Waals surface area contributed by atoms with Crippen molar-refractivity contribution in [1.29, 1.82) is 0 Å². The van der Waals surface area contributed by atoms with Gasteiger partial charge < -0.3 is 14.8 Å². The lowest BCUT2D eigenvalue weighted by atomic mass is 10.1. The molecule has 0 bridgehead atoms. The SMILES string of the molecule is [O-][NH+](O)c1cccc(-c2noc([C@@H]3C[C@@H](O)CN3Cc3cccnc3)n2)c1. The topological polar surface area (TPSA) is 123 Å². The maximum absolute atomic E-state index is 11.1. The highest BCUT2D eigenvalue weighted by Gasteiger charge is 2.36. The standard InChI is InChI=1S/C18H19N5O4/c24-15-8-16(22(11-15)10-12-3-2-6-19-9-12)18-20-17(21-27-18)13-4-1-5-14(7-13)23(25)26/h1-7,9,15-16,23-25H,8,10-11H2/t15-,16+/m1/s1. The quantitative estimate of drug-likeness (QED) is 0.566. The highest BCUT2D eigenvalue weighted by Crippen LogP contribution is 2.33. The molecule has 1 unspecified atom stereocenters. The van der Waals surface area contributed by atoms with Crippen molar-refractivity contribution >= 4 is 5.69 Å². The van der Waals surface area contributed by atoms with Gasteiger partial charge in [-0.3, -0.25) is 9.88 Å². The van der Waals surface area contributed by atoms with Crippen molar-refractivity contribution in [1.82, 2.24) is 20.0 Å². The number of aromatic nitrogens is 3. The summed E-state index contributed by atoms with van der Waals surface area (Å²) in [5.74, 6) is 0.738. The van der Waals surface area contributed by atoms with Crippen LogP contribution in [0.15, 0.2) is 53.3 Å². The maximum atomic E-state index is 11.1. The first-order valence-corrected chi connectivity index (χ1v) is 8.58. The summed E-state index contributed by atoms with van der Waals surface area (Å²) in [6.07, 6.45) is 3.53. The van der Waals surface area contributed by atoms with Crippen LogP contribution in [0.5, 0.6) is 0 Å². The van der Waals surface area contributed by atoms with E-state index in [9.17, 15) is 10.3 Å². The minimum absolute atomic E-state index is 0.161. The minimum atomic E-state index is -1.01. The fraction of sp³-hybridized carbons (Fsp3) is 0.278. The molecule has 3 aromatic rings. The fourth-order valence-electron chi connectivity index (χ4n) is 3.32. The smallest absolute Gasteiger partial charge is 0.244 e. The Morgan fingerprint density at radius 1 is 1.30 bits per heavy atom. The van der Waals surface area contributed by atoms with E-state index in [0.717, 1.165) is 5.56 Å². The Bertz CT molecular complexity index is 902. The highest BCUT2D eigenvalue weighted by molar-refractivity contribution is 5.58. The number of nitrogens with one attached hydrogen (secondary N) is 1. The van der Waals surface area contributed by atoms with Crippen LogP contribution in [0.3, 0.4) is 0 Å². The van der Waals surface area contributed by atoms with Crippen molar-refractivity contribution in [2.75, 3.05) is 6.54 Å². The van der Waals surface area contributed by atoms with Crippen LogP contribution in [0.2, 0.25) is 0 Å². The third-order valence-corrected chi connectivity index (χ3v) is 4.58. The van der Waals surface area contributed by atoms with Gasteiger partial charge in [0.1, 0.15) is 0 Å². The number of benzene rings is 1. The van der Waals surface area contributed by atoms with Crippen molar-refractivity contribution in [3.8, 4) is 11.4 Å². The molecule has 1 aliphatic rings. The second-order valence-corrected chi connectivity index (χ2v) is 6.54. The molecule has 27 heavy (non-hydrogen) atoms. The first kappa shape index (κ1) is 17.7. The zero-order chi connectivity index (χ0) is 18.8. The number of β-amino-alcohol motifs (C(OH)–C–C–N with tert-alkyl or cyclic N) is 1. The Morgan fingerprint density at radius 3 is 2.96 bits per heavy atom. The van der Waals surface area contributed by atoms with Crippen LogP contribution in [-0.4, -0.2) is 43.0 Å². The molecule has 1 aromatic carbocycles. The molecule has 0 amide bonds. The Labute approximate surface area is 155 Å². The summed E-state index contributed by atoms with van der Waals surface area (Å²) in [5, 5.41) is 33.4. The lowest BCUT2D eigenvalue weighted by Gasteiger charge is -2.20. The number of hydrogen-bond acceptors (Lipinski definition) is 8. The van der Waals surface area contributed by atoms with Crippen molar-refractivity contribution in [2.45, 2.75) is 25.1 Å². The van der Waals surface area contributed by atoms with Crippen molar-refractivity contribution in [3.05, 3.63) is 65.5 Å². The van der Waals surface area contributed by atoms with E-state index < -0.39 is 11.3 Å². The molecule has 4 rings (SSSR count). The van der Waals surface area contributed by atoms with Crippen molar-refractivity contribution < 1.29 is 20.1 Å². The van der Waals surface area contributed by atoms with Crippen LogP contribution in [0.25, 0.3) is 11.4 Å². The summed E-state index contributed by atoms with van der Waals surface area (Å²) < 4.78 is 5.44. The maximum Gasteiger partial charge on any atom is 0.244 e. The average Bonchev–Trinajstić information content (AvgIpc) is 3.29. The van der Waals surface area contributed by atoms with Crippen molar-refractivity contribution in [2.24, 2.45) is 0 Å². The van der Waals surface area contributed by atoms with Crippen LogP contribution >= 0.6 is 0 Å². The van der Waals surface area contributed by atoms with Crippen LogP contribution in [0.1, 0.15) is 23.9 Å². The van der Waals surface area contributed by atoms with E-state index in [4.69, 9.17) is 9.73 Å². The van der Waals surface area contributed by atoms with Gasteiger partial charge in [-0.15, -0.1) is 0 Å². The van der Waals surface area contributed by atoms with Gasteiger partial charge in [0.15, 0.2) is 5.69 Å². The average molecular weight is 369 g/mol. The fourth-order valence-corrected chi connectivity index (χ4v) is 3.32. The molecule has 9 nitrogen and oxygen atoms in total. The lowest BCUT2D eigenvalue weighted by Crippen LogP contribution is -2.99. The molecule has 0 spiro atoms. The zero-order valence-corrected chi connectivity index (χ0v) is 14.4. The van der Waals surface area contributed by atoms with Crippen LogP contribution in [-0.2, 0) is 6.54 Å². The molecule has 1 saturated heterocycles. The lowest BCUT2D eigenvalue weighted by molar-refractivity contribution is -0.991. The number of aliphatic hydroxyl groups excluding tert-OH is 1. The van der Waals surface area contributed by atoms with Gasteiger partial charge in [-0.05, 0) is 18.1 Å². The monoisotopic (exact) mass is 369 g/mol. The van der Waals surface area contributed by atoms with E-state index in [1.54, 1.807) is 24.5 Å². The van der Waals surface area contributed by atoms with Gasteiger partial charge in [0.25, 0.3) is 0 Å². The molecule has 9 heteroatoms. The minimum Gasteiger partial charge on any atom is -0.595 e. The Morgan fingerprint density at radius 2 is 2.19 bits per heavy atom. The Kier molecular flexibility index (Phi) is 4.92. The largest absolute Gasteiger partial charge is 0.595 e. The van der Waals surface area contributed by atoms with Gasteiger partial charge in [0.05, 0.1) is 12.1 Å². The van der Waals surface area contributed by atoms with Gasteiger partial charge in [-0.25, -0.2) is 5.21 Å². The van der Waals surface area contributed by atoms with E-state index in [0.29, 0.717) is 36.8 Å². The van der Waals surface area contributed by atoms with Gasteiger partial charge >= 0.3 is 0 Å². The third-order valence-electron chi connectivity index (χ3n) is 4.58. The summed E-state index contributed by atoms with van der Waals surface area (Å²) in [5.41, 5.74) is 1.76. The molecular formula is C18H19N5O4. The predicted octanol–water partition coefficient (Wildman–Crippen LogP) is 0.843. The first-order chi connectivity index (χ1) is 13.1. The number of quaternary nitrogens is 1. The summed E-state index contributed by atoms with van der Waals surface area (Å²) >= 11 is 0. The molecule has 3 atom stereocenters. The van der Waals surface area contributed by atoms with Crippen LogP contribution in [0.4, 0.5) is 5.69 Å². The van der Waals surface area contributed by atoms with Crippen molar-refractivity contribution in [3.63, 3.8) is 0 Å². The number of likely N-dealkylation sites (tertiary alicyclic amines) is 1. The first-order valence-electron chi connectivity index (χ1n) is 8.58. The summed E-state index contributed by atoms with van der Waals surface area (Å²) in [6.45, 7) is 1.12. The molecule has 0 radical (unpaired) electrons. The van der Waals surface area contributed by atoms with Crippen LogP contribution in [0, 0.1) is 5.21 Å². The summed E-state index contributed by atoms with van der Waals surface area (Å²) in [7, 11) is 0.